The molecule has 0 bridgehead atoms. The molecule has 2 aromatic heterocycles. The lowest BCUT2D eigenvalue weighted by Crippen LogP contribution is -2.13. The predicted molar refractivity (Wildman–Crippen MR) is 121 cm³/mol. The molecular weight excluding hydrogens is 430 g/mol. The molecule has 0 saturated carbocycles. The number of esters is 1. The molecule has 0 atom stereocenters. The maximum atomic E-state index is 12.8. The summed E-state index contributed by atoms with van der Waals surface area (Å²) in [4.78, 5) is 32.0. The number of carbonyl (C=O) groups excluding carboxylic acids is 2. The summed E-state index contributed by atoms with van der Waals surface area (Å²) in [6.45, 7) is 1.72. The molecular formula is C23H23N3O5S. The summed E-state index contributed by atoms with van der Waals surface area (Å²) in [6.07, 6.45) is 4.87. The fourth-order valence-electron chi connectivity index (χ4n) is 2.71. The van der Waals surface area contributed by atoms with Crippen molar-refractivity contribution in [1.82, 2.24) is 9.97 Å². The topological polar surface area (TPSA) is 99.6 Å². The molecule has 0 aliphatic rings. The molecule has 3 rings (SSSR count). The van der Waals surface area contributed by atoms with E-state index in [1.807, 2.05) is 12.1 Å². The van der Waals surface area contributed by atoms with Crippen LogP contribution in [0.3, 0.4) is 0 Å². The van der Waals surface area contributed by atoms with Crippen molar-refractivity contribution in [3.05, 3.63) is 72.2 Å². The van der Waals surface area contributed by atoms with Gasteiger partial charge < -0.3 is 19.5 Å². The number of aromatic nitrogens is 2. The molecule has 0 unspecified atom stereocenters. The number of pyridine rings is 2. The average Bonchev–Trinajstić information content (AvgIpc) is 2.81. The molecule has 0 spiro atoms. The zero-order chi connectivity index (χ0) is 22.8. The Morgan fingerprint density at radius 1 is 1.06 bits per heavy atom. The van der Waals surface area contributed by atoms with Gasteiger partial charge in [-0.05, 0) is 30.3 Å². The maximum absolute atomic E-state index is 12.8. The number of rotatable bonds is 10. The van der Waals surface area contributed by atoms with E-state index in [0.717, 1.165) is 5.56 Å². The zero-order valence-corrected chi connectivity index (χ0v) is 18.6. The Labute approximate surface area is 190 Å². The first-order chi connectivity index (χ1) is 15.6. The highest BCUT2D eigenvalue weighted by Gasteiger charge is 2.15. The van der Waals surface area contributed by atoms with Crippen molar-refractivity contribution < 1.29 is 23.8 Å². The number of anilines is 1. The van der Waals surface area contributed by atoms with E-state index in [1.54, 1.807) is 56.0 Å². The van der Waals surface area contributed by atoms with Gasteiger partial charge in [-0.1, -0.05) is 6.07 Å². The van der Waals surface area contributed by atoms with Crippen LogP contribution in [0.5, 0.6) is 11.5 Å². The van der Waals surface area contributed by atoms with E-state index in [0.29, 0.717) is 33.5 Å². The van der Waals surface area contributed by atoms with Gasteiger partial charge in [0, 0.05) is 48.6 Å². The van der Waals surface area contributed by atoms with Crippen LogP contribution in [-0.2, 0) is 15.3 Å². The summed E-state index contributed by atoms with van der Waals surface area (Å²) in [5.74, 6) is 1.17. The molecule has 8 nitrogen and oxygen atoms in total. The van der Waals surface area contributed by atoms with Crippen molar-refractivity contribution in [2.24, 2.45) is 0 Å². The molecule has 0 fully saturated rings. The fraction of sp³-hybridized carbons (Fsp3) is 0.217. The highest BCUT2D eigenvalue weighted by atomic mass is 32.2. The first-order valence-corrected chi connectivity index (χ1v) is 10.8. The molecule has 0 saturated heterocycles. The van der Waals surface area contributed by atoms with Gasteiger partial charge in [0.2, 0.25) is 0 Å². The molecule has 0 radical (unpaired) electrons. The van der Waals surface area contributed by atoms with Gasteiger partial charge in [0.15, 0.2) is 0 Å². The van der Waals surface area contributed by atoms with Crippen molar-refractivity contribution in [2.45, 2.75) is 17.7 Å². The van der Waals surface area contributed by atoms with Crippen LogP contribution >= 0.6 is 11.8 Å². The maximum Gasteiger partial charge on any atom is 0.302 e. The van der Waals surface area contributed by atoms with E-state index in [4.69, 9.17) is 14.2 Å². The molecule has 3 aromatic rings. The number of thioether (sulfide) groups is 1. The Balaban J connectivity index is 1.71. The van der Waals surface area contributed by atoms with Crippen LogP contribution in [0.2, 0.25) is 0 Å². The van der Waals surface area contributed by atoms with Gasteiger partial charge in [0.1, 0.15) is 29.7 Å². The highest BCUT2D eigenvalue weighted by Crippen LogP contribution is 2.31. The lowest BCUT2D eigenvalue weighted by Gasteiger charge is -2.14. The van der Waals surface area contributed by atoms with Gasteiger partial charge in [-0.15, -0.1) is 11.8 Å². The number of nitrogens with one attached hydrogen (secondary N) is 1. The lowest BCUT2D eigenvalue weighted by molar-refractivity contribution is -0.141. The number of methoxy groups -OCH3 is 1. The molecule has 9 heteroatoms. The minimum absolute atomic E-state index is 0.151. The molecule has 2 heterocycles. The SMILES string of the molecule is COc1ccc(CSc2ncccc2C(=O)Nc2ccncc2)c(OCCOC(C)=O)c1. The van der Waals surface area contributed by atoms with Gasteiger partial charge in [0.25, 0.3) is 5.91 Å². The van der Waals surface area contributed by atoms with Crippen LogP contribution in [0.25, 0.3) is 0 Å². The summed E-state index contributed by atoms with van der Waals surface area (Å²) in [5, 5.41) is 3.45. The second-order valence-electron chi connectivity index (χ2n) is 6.50. The third-order valence-electron chi connectivity index (χ3n) is 4.24. The monoisotopic (exact) mass is 453 g/mol. The number of benzene rings is 1. The Kier molecular flexibility index (Phi) is 8.44. The first kappa shape index (κ1) is 23.1. The Morgan fingerprint density at radius 3 is 2.62 bits per heavy atom. The van der Waals surface area contributed by atoms with E-state index < -0.39 is 0 Å². The number of hydrogen-bond donors (Lipinski definition) is 1. The predicted octanol–water partition coefficient (Wildman–Crippen LogP) is 3.97. The van der Waals surface area contributed by atoms with Crippen LogP contribution in [0.15, 0.2) is 66.1 Å². The van der Waals surface area contributed by atoms with E-state index in [9.17, 15) is 9.59 Å². The Morgan fingerprint density at radius 2 is 1.88 bits per heavy atom. The van der Waals surface area contributed by atoms with E-state index in [-0.39, 0.29) is 25.1 Å². The summed E-state index contributed by atoms with van der Waals surface area (Å²) in [5.41, 5.74) is 2.02. The third kappa shape index (κ3) is 6.71. The van der Waals surface area contributed by atoms with E-state index in [1.165, 1.54) is 18.7 Å². The standard InChI is InChI=1S/C23H23N3O5S/c1-16(27)30-12-13-31-21-14-19(29-2)6-5-17(21)15-32-23-20(4-3-9-25-23)22(28)26-18-7-10-24-11-8-18/h3-11,14H,12-13,15H2,1-2H3,(H,24,26,28). The van der Waals surface area contributed by atoms with Crippen molar-refractivity contribution in [1.29, 1.82) is 0 Å². The number of nitrogens with zero attached hydrogens (tertiary/aromatic N) is 2. The molecule has 1 amide bonds. The van der Waals surface area contributed by atoms with Crippen molar-refractivity contribution in [2.75, 3.05) is 25.6 Å². The molecule has 166 valence electrons. The first-order valence-electron chi connectivity index (χ1n) is 9.79. The minimum atomic E-state index is -0.359. The molecule has 1 aromatic carbocycles. The minimum Gasteiger partial charge on any atom is -0.497 e. The summed E-state index contributed by atoms with van der Waals surface area (Å²) in [7, 11) is 1.58. The van der Waals surface area contributed by atoms with Gasteiger partial charge in [-0.3, -0.25) is 14.6 Å². The zero-order valence-electron chi connectivity index (χ0n) is 17.7. The smallest absolute Gasteiger partial charge is 0.302 e. The molecule has 32 heavy (non-hydrogen) atoms. The van der Waals surface area contributed by atoms with Crippen LogP contribution in [0.1, 0.15) is 22.8 Å². The van der Waals surface area contributed by atoms with Crippen LogP contribution in [0.4, 0.5) is 5.69 Å². The average molecular weight is 454 g/mol. The summed E-state index contributed by atoms with van der Waals surface area (Å²) < 4.78 is 16.0. The second-order valence-corrected chi connectivity index (χ2v) is 7.46. The summed E-state index contributed by atoms with van der Waals surface area (Å²) in [6, 6.07) is 12.4. The third-order valence-corrected chi connectivity index (χ3v) is 5.29. The molecule has 0 aliphatic carbocycles. The van der Waals surface area contributed by atoms with Crippen LogP contribution in [0, 0.1) is 0 Å². The van der Waals surface area contributed by atoms with Crippen LogP contribution < -0.4 is 14.8 Å². The van der Waals surface area contributed by atoms with Gasteiger partial charge in [0.05, 0.1) is 12.7 Å². The Bertz CT molecular complexity index is 1060. The van der Waals surface area contributed by atoms with Gasteiger partial charge in [-0.2, -0.15) is 0 Å². The molecule has 1 N–H and O–H groups in total. The summed E-state index contributed by atoms with van der Waals surface area (Å²) >= 11 is 1.42. The molecule has 0 aliphatic heterocycles. The lowest BCUT2D eigenvalue weighted by atomic mass is 10.2. The van der Waals surface area contributed by atoms with E-state index >= 15 is 0 Å². The van der Waals surface area contributed by atoms with Gasteiger partial charge >= 0.3 is 5.97 Å². The van der Waals surface area contributed by atoms with Crippen molar-refractivity contribution in [3.8, 4) is 11.5 Å². The number of hydrogen-bond acceptors (Lipinski definition) is 8. The quantitative estimate of drug-likeness (QED) is 0.280. The van der Waals surface area contributed by atoms with Crippen molar-refractivity contribution in [3.63, 3.8) is 0 Å². The highest BCUT2D eigenvalue weighted by molar-refractivity contribution is 7.98. The Hall–Kier alpha value is -3.59. The number of amides is 1. The number of carbonyl (C=O) groups is 2. The number of ether oxygens (including phenoxy) is 3. The van der Waals surface area contributed by atoms with Crippen molar-refractivity contribution >= 4 is 29.3 Å². The second kappa shape index (κ2) is 11.7. The van der Waals surface area contributed by atoms with Crippen LogP contribution in [-0.4, -0.2) is 42.2 Å². The van der Waals surface area contributed by atoms with E-state index in [2.05, 4.69) is 15.3 Å². The van der Waals surface area contributed by atoms with Gasteiger partial charge in [-0.25, -0.2) is 4.98 Å². The fourth-order valence-corrected chi connectivity index (χ4v) is 3.69. The largest absolute Gasteiger partial charge is 0.497 e. The normalized spacial score (nSPS) is 10.3.